The van der Waals surface area contributed by atoms with E-state index in [1.165, 1.54) is 25.4 Å². The van der Waals surface area contributed by atoms with E-state index in [1.54, 1.807) is 6.07 Å². The van der Waals surface area contributed by atoms with Gasteiger partial charge >= 0.3 is 5.97 Å². The lowest BCUT2D eigenvalue weighted by Crippen LogP contribution is -2.08. The second-order valence-electron chi connectivity index (χ2n) is 5.11. The van der Waals surface area contributed by atoms with E-state index in [0.29, 0.717) is 26.9 Å². The van der Waals surface area contributed by atoms with Crippen LogP contribution in [-0.4, -0.2) is 23.0 Å². The summed E-state index contributed by atoms with van der Waals surface area (Å²) in [6.45, 7) is 1.86. The van der Waals surface area contributed by atoms with E-state index in [1.807, 2.05) is 19.1 Å². The summed E-state index contributed by atoms with van der Waals surface area (Å²) >= 11 is 3.31. The van der Waals surface area contributed by atoms with Crippen LogP contribution in [0.25, 0.3) is 11.0 Å². The van der Waals surface area contributed by atoms with Crippen molar-refractivity contribution in [1.82, 2.24) is 9.97 Å². The Morgan fingerprint density at radius 2 is 2.08 bits per heavy atom. The molecular weight excluding hydrogens is 377 g/mol. The number of aromatic nitrogens is 2. The fourth-order valence-corrected chi connectivity index (χ4v) is 2.75. The second-order valence-corrected chi connectivity index (χ2v) is 5.97. The van der Waals surface area contributed by atoms with Crippen molar-refractivity contribution >= 4 is 44.3 Å². The van der Waals surface area contributed by atoms with E-state index in [4.69, 9.17) is 4.74 Å². The lowest BCUT2D eigenvalue weighted by molar-refractivity contribution is 0.0601. The lowest BCUT2D eigenvalue weighted by atomic mass is 10.1. The number of rotatable bonds is 3. The van der Waals surface area contributed by atoms with E-state index in [0.717, 1.165) is 5.69 Å². The summed E-state index contributed by atoms with van der Waals surface area (Å²) in [6, 6.07) is 7.91. The number of carbonyl (C=O) groups excluding carboxylic acids is 1. The molecule has 0 spiro atoms. The summed E-state index contributed by atoms with van der Waals surface area (Å²) in [6.07, 6.45) is 1.42. The molecule has 1 N–H and O–H groups in total. The van der Waals surface area contributed by atoms with Crippen molar-refractivity contribution in [3.05, 3.63) is 58.1 Å². The third-order valence-corrected chi connectivity index (χ3v) is 4.12. The maximum absolute atomic E-state index is 13.3. The normalized spacial score (nSPS) is 10.7. The monoisotopic (exact) mass is 389 g/mol. The van der Waals surface area contributed by atoms with Crippen molar-refractivity contribution in [3.8, 4) is 0 Å². The van der Waals surface area contributed by atoms with Gasteiger partial charge in [-0.25, -0.2) is 19.2 Å². The number of nitrogens with one attached hydrogen (secondary N) is 1. The third kappa shape index (κ3) is 3.07. The van der Waals surface area contributed by atoms with Gasteiger partial charge in [0.1, 0.15) is 11.4 Å². The van der Waals surface area contributed by atoms with Gasteiger partial charge in [-0.15, -0.1) is 0 Å². The Hall–Kier alpha value is -2.54. The van der Waals surface area contributed by atoms with Gasteiger partial charge in [-0.2, -0.15) is 0 Å². The molecule has 0 fully saturated rings. The third-order valence-electron chi connectivity index (χ3n) is 3.47. The summed E-state index contributed by atoms with van der Waals surface area (Å²) < 4.78 is 18.7. The number of esters is 1. The molecule has 0 atom stereocenters. The van der Waals surface area contributed by atoms with Crippen LogP contribution in [0.4, 0.5) is 15.8 Å². The minimum absolute atomic E-state index is 0.270. The Kier molecular flexibility index (Phi) is 4.44. The summed E-state index contributed by atoms with van der Waals surface area (Å²) in [5.74, 6) is -0.886. The molecule has 0 aliphatic carbocycles. The second kappa shape index (κ2) is 6.52. The molecule has 0 amide bonds. The van der Waals surface area contributed by atoms with Crippen molar-refractivity contribution in [2.45, 2.75) is 6.92 Å². The smallest absolute Gasteiger partial charge is 0.341 e. The van der Waals surface area contributed by atoms with Crippen LogP contribution in [-0.2, 0) is 4.74 Å². The first-order chi connectivity index (χ1) is 11.5. The van der Waals surface area contributed by atoms with Crippen LogP contribution in [0.2, 0.25) is 0 Å². The summed E-state index contributed by atoms with van der Waals surface area (Å²) in [5, 5.41) is 3.82. The van der Waals surface area contributed by atoms with Crippen LogP contribution in [0, 0.1) is 12.7 Å². The number of ether oxygens (including phenoxy) is 1. The molecule has 2 aromatic heterocycles. The number of benzene rings is 1. The number of aryl methyl sites for hydroxylation is 1. The zero-order valence-corrected chi connectivity index (χ0v) is 14.5. The van der Waals surface area contributed by atoms with Crippen molar-refractivity contribution in [3.63, 3.8) is 0 Å². The van der Waals surface area contributed by atoms with E-state index >= 15 is 0 Å². The largest absolute Gasteiger partial charge is 0.465 e. The van der Waals surface area contributed by atoms with Crippen molar-refractivity contribution in [2.24, 2.45) is 0 Å². The fraction of sp³-hybridized carbons (Fsp3) is 0.118. The first-order valence-corrected chi connectivity index (χ1v) is 7.85. The summed E-state index contributed by atoms with van der Waals surface area (Å²) in [5.41, 5.74) is 2.70. The van der Waals surface area contributed by atoms with Crippen molar-refractivity contribution in [2.75, 3.05) is 12.4 Å². The number of hydrogen-bond donors (Lipinski definition) is 1. The van der Waals surface area contributed by atoms with Gasteiger partial charge in [0.25, 0.3) is 0 Å². The fourth-order valence-electron chi connectivity index (χ4n) is 2.30. The summed E-state index contributed by atoms with van der Waals surface area (Å²) in [7, 11) is 1.30. The molecular formula is C17H13BrFN3O2. The number of halogens is 2. The van der Waals surface area contributed by atoms with Crippen LogP contribution >= 0.6 is 15.9 Å². The van der Waals surface area contributed by atoms with E-state index < -0.39 is 5.97 Å². The Bertz CT molecular complexity index is 947. The number of methoxy groups -OCH3 is 1. The van der Waals surface area contributed by atoms with Gasteiger partial charge < -0.3 is 10.1 Å². The SMILES string of the molecule is COC(=O)c1cnc2nc(C)ccc2c1Nc1ccc(F)cc1Br. The molecule has 0 aliphatic rings. The standard InChI is InChI=1S/C17H13BrFN3O2/c1-9-3-5-11-15(22-14-6-4-10(19)7-13(14)18)12(17(23)24-2)8-20-16(11)21-9/h3-8H,1-2H3,(H,20,21,22). The van der Waals surface area contributed by atoms with E-state index in [9.17, 15) is 9.18 Å². The zero-order valence-electron chi connectivity index (χ0n) is 12.9. The lowest BCUT2D eigenvalue weighted by Gasteiger charge is -2.14. The number of anilines is 2. The van der Waals surface area contributed by atoms with E-state index in [-0.39, 0.29) is 11.4 Å². The molecule has 3 rings (SSSR count). The van der Waals surface area contributed by atoms with Gasteiger partial charge in [0.15, 0.2) is 5.65 Å². The number of fused-ring (bicyclic) bond motifs is 1. The Balaban J connectivity index is 2.20. The molecule has 0 radical (unpaired) electrons. The number of hydrogen-bond acceptors (Lipinski definition) is 5. The van der Waals surface area contributed by atoms with Gasteiger partial charge in [0.2, 0.25) is 0 Å². The molecule has 2 heterocycles. The van der Waals surface area contributed by atoms with Crippen molar-refractivity contribution in [1.29, 1.82) is 0 Å². The highest BCUT2D eigenvalue weighted by molar-refractivity contribution is 9.10. The first kappa shape index (κ1) is 16.3. The zero-order chi connectivity index (χ0) is 17.3. The Morgan fingerprint density at radius 3 is 2.79 bits per heavy atom. The molecule has 122 valence electrons. The summed E-state index contributed by atoms with van der Waals surface area (Å²) in [4.78, 5) is 20.7. The Morgan fingerprint density at radius 1 is 1.29 bits per heavy atom. The van der Waals surface area contributed by atoms with Crippen LogP contribution in [0.5, 0.6) is 0 Å². The number of nitrogens with zero attached hydrogens (tertiary/aromatic N) is 2. The minimum Gasteiger partial charge on any atom is -0.465 e. The molecule has 0 saturated carbocycles. The molecule has 1 aromatic carbocycles. The van der Waals surface area contributed by atoms with Crippen LogP contribution < -0.4 is 5.32 Å². The molecule has 5 nitrogen and oxygen atoms in total. The predicted molar refractivity (Wildman–Crippen MR) is 93.0 cm³/mol. The van der Waals surface area contributed by atoms with Crippen LogP contribution in [0.3, 0.4) is 0 Å². The van der Waals surface area contributed by atoms with Gasteiger partial charge in [-0.3, -0.25) is 0 Å². The van der Waals surface area contributed by atoms with Crippen LogP contribution in [0.15, 0.2) is 41.0 Å². The molecule has 3 aromatic rings. The quantitative estimate of drug-likeness (QED) is 0.673. The average molecular weight is 390 g/mol. The molecule has 0 bridgehead atoms. The minimum atomic E-state index is -0.522. The molecule has 0 aliphatic heterocycles. The van der Waals surface area contributed by atoms with E-state index in [2.05, 4.69) is 31.2 Å². The van der Waals surface area contributed by atoms with Gasteiger partial charge in [0.05, 0.1) is 18.5 Å². The molecule has 0 saturated heterocycles. The maximum atomic E-state index is 13.3. The highest BCUT2D eigenvalue weighted by Gasteiger charge is 2.18. The maximum Gasteiger partial charge on any atom is 0.341 e. The topological polar surface area (TPSA) is 64.1 Å². The predicted octanol–water partition coefficient (Wildman–Crippen LogP) is 4.37. The molecule has 7 heteroatoms. The van der Waals surface area contributed by atoms with Crippen LogP contribution in [0.1, 0.15) is 16.1 Å². The highest BCUT2D eigenvalue weighted by atomic mass is 79.9. The average Bonchev–Trinajstić information content (AvgIpc) is 2.56. The number of pyridine rings is 2. The van der Waals surface area contributed by atoms with Gasteiger partial charge in [-0.1, -0.05) is 0 Å². The molecule has 0 unspecified atom stereocenters. The number of carbonyl (C=O) groups is 1. The van der Waals surface area contributed by atoms with Gasteiger partial charge in [0, 0.05) is 21.7 Å². The van der Waals surface area contributed by atoms with Gasteiger partial charge in [-0.05, 0) is 53.2 Å². The Labute approximate surface area is 146 Å². The first-order valence-electron chi connectivity index (χ1n) is 7.06. The van der Waals surface area contributed by atoms with Crippen molar-refractivity contribution < 1.29 is 13.9 Å². The molecule has 24 heavy (non-hydrogen) atoms. The highest BCUT2D eigenvalue weighted by Crippen LogP contribution is 2.32.